The lowest BCUT2D eigenvalue weighted by atomic mass is 9.60. The molecule has 1 heterocycles. The van der Waals surface area contributed by atoms with Gasteiger partial charge in [-0.15, -0.1) is 0 Å². The Bertz CT molecular complexity index is 3160. The molecule has 0 amide bonds. The van der Waals surface area contributed by atoms with Gasteiger partial charge in [-0.1, -0.05) is 237 Å². The van der Waals surface area contributed by atoms with E-state index in [2.05, 4.69) is 249 Å². The maximum Gasteiger partial charge on any atom is 0.179 e. The number of nitrogens with zero attached hydrogens (tertiary/aromatic N) is 1. The Kier molecular flexibility index (Phi) is 9.05. The Hall–Kier alpha value is -7.65. The lowest BCUT2D eigenvalue weighted by Gasteiger charge is -2.46. The van der Waals surface area contributed by atoms with Gasteiger partial charge in [-0.3, -0.25) is 0 Å². The van der Waals surface area contributed by atoms with E-state index in [0.29, 0.717) is 0 Å². The zero-order chi connectivity index (χ0) is 41.7. The summed E-state index contributed by atoms with van der Waals surface area (Å²) in [5, 5.41) is 5.59. The summed E-state index contributed by atoms with van der Waals surface area (Å²) >= 11 is 0. The predicted molar refractivity (Wildman–Crippen MR) is 264 cm³/mol. The fourth-order valence-electron chi connectivity index (χ4n) is 11.0. The first-order valence-corrected chi connectivity index (χ1v) is 24.0. The Morgan fingerprint density at radius 1 is 0.286 bits per heavy atom. The third-order valence-electron chi connectivity index (χ3n) is 13.6. The second-order valence-electron chi connectivity index (χ2n) is 16.9. The maximum absolute atomic E-state index is 5.56. The second kappa shape index (κ2) is 15.4. The van der Waals surface area contributed by atoms with Crippen LogP contribution < -0.4 is 20.7 Å². The molecular formula is C61H43NSi. The van der Waals surface area contributed by atoms with E-state index in [-0.39, 0.29) is 11.8 Å². The molecule has 13 rings (SSSR count). The largest absolute Gasteiger partial charge is 0.248 e. The Morgan fingerprint density at radius 3 is 1.32 bits per heavy atom. The molecule has 2 bridgehead atoms. The molecule has 0 fully saturated rings. The number of pyridine rings is 1. The first-order chi connectivity index (χ1) is 31.3. The van der Waals surface area contributed by atoms with E-state index < -0.39 is 8.07 Å². The van der Waals surface area contributed by atoms with Crippen molar-refractivity contribution in [3.63, 3.8) is 0 Å². The fraction of sp³-hybridized carbons (Fsp3) is 0.0328. The van der Waals surface area contributed by atoms with Gasteiger partial charge in [0.15, 0.2) is 8.07 Å². The molecule has 0 radical (unpaired) electrons. The molecule has 2 atom stereocenters. The number of hydrogen-bond donors (Lipinski definition) is 0. The quantitative estimate of drug-likeness (QED) is 0.110. The van der Waals surface area contributed by atoms with Gasteiger partial charge < -0.3 is 0 Å². The SMILES string of the molecule is c1ccc(-c2ccc([Si](c3ccccc3)(c3ccccc3)c3cccc4c3C3c5ccccc5C4c4cccc(-c5cc(-c6ccccc6)cc(-c6ccccc6)n5)c43)cc2)cc1. The molecule has 0 saturated carbocycles. The molecule has 1 aromatic heterocycles. The van der Waals surface area contributed by atoms with Crippen molar-refractivity contribution in [2.45, 2.75) is 11.8 Å². The molecule has 0 saturated heterocycles. The third kappa shape index (κ3) is 6.02. The van der Waals surface area contributed by atoms with Gasteiger partial charge in [0.25, 0.3) is 0 Å². The topological polar surface area (TPSA) is 12.9 Å². The highest BCUT2D eigenvalue weighted by molar-refractivity contribution is 7.20. The summed E-state index contributed by atoms with van der Waals surface area (Å²) in [7, 11) is -3.00. The maximum atomic E-state index is 5.56. The summed E-state index contributed by atoms with van der Waals surface area (Å²) in [5.74, 6) is 0.0783. The van der Waals surface area contributed by atoms with Crippen molar-refractivity contribution in [2.24, 2.45) is 0 Å². The lowest BCUT2D eigenvalue weighted by molar-refractivity contribution is 0.759. The molecule has 0 spiro atoms. The molecule has 63 heavy (non-hydrogen) atoms. The highest BCUT2D eigenvalue weighted by atomic mass is 28.3. The van der Waals surface area contributed by atoms with Gasteiger partial charge in [-0.25, -0.2) is 4.98 Å². The standard InChI is InChI=1S/C61H43NSi/c1-6-20-42(21-7-1)44-36-38-49(39-37-44)63(47-26-12-4-13-27-47,48-28-14-5-15-29-48)57-35-19-34-54-58-50-30-16-17-31-51(50)61(60(54)57)59-52(32-18-33-53(58)59)56-41-46(43-22-8-2-9-23-43)40-55(62-56)45-24-10-3-11-25-45/h1-41,58,61H. The Balaban J connectivity index is 1.15. The first-order valence-electron chi connectivity index (χ1n) is 22.0. The van der Waals surface area contributed by atoms with E-state index >= 15 is 0 Å². The van der Waals surface area contributed by atoms with Crippen LogP contribution in [-0.2, 0) is 0 Å². The number of hydrogen-bond acceptors (Lipinski definition) is 1. The summed E-state index contributed by atoms with van der Waals surface area (Å²) in [6.07, 6.45) is 0. The zero-order valence-corrected chi connectivity index (χ0v) is 35.8. The van der Waals surface area contributed by atoms with Gasteiger partial charge in [0.1, 0.15) is 0 Å². The Labute approximate surface area is 370 Å². The minimum Gasteiger partial charge on any atom is -0.248 e. The fourth-order valence-corrected chi connectivity index (χ4v) is 16.0. The van der Waals surface area contributed by atoms with E-state index in [1.54, 1.807) is 0 Å². The minimum atomic E-state index is -3.00. The average Bonchev–Trinajstić information content (AvgIpc) is 3.38. The van der Waals surface area contributed by atoms with Crippen LogP contribution >= 0.6 is 0 Å². The highest BCUT2D eigenvalue weighted by Gasteiger charge is 2.49. The van der Waals surface area contributed by atoms with E-state index in [0.717, 1.165) is 22.5 Å². The zero-order valence-electron chi connectivity index (χ0n) is 34.8. The smallest absolute Gasteiger partial charge is 0.179 e. The third-order valence-corrected chi connectivity index (χ3v) is 18.5. The van der Waals surface area contributed by atoms with Crippen molar-refractivity contribution >= 4 is 28.8 Å². The summed E-state index contributed by atoms with van der Waals surface area (Å²) in [6, 6.07) is 92.6. The molecule has 0 N–H and O–H groups in total. The van der Waals surface area contributed by atoms with Crippen LogP contribution in [0.3, 0.4) is 0 Å². The molecule has 2 unspecified atom stereocenters. The van der Waals surface area contributed by atoms with Gasteiger partial charge in [0.05, 0.1) is 11.4 Å². The van der Waals surface area contributed by atoms with Crippen LogP contribution in [0, 0.1) is 0 Å². The van der Waals surface area contributed by atoms with E-state index in [1.807, 2.05) is 0 Å². The monoisotopic (exact) mass is 817 g/mol. The number of aromatic nitrogens is 1. The van der Waals surface area contributed by atoms with Crippen LogP contribution in [0.4, 0.5) is 0 Å². The average molecular weight is 818 g/mol. The molecule has 2 heteroatoms. The number of benzene rings is 9. The van der Waals surface area contributed by atoms with Crippen molar-refractivity contribution in [2.75, 3.05) is 0 Å². The van der Waals surface area contributed by atoms with Gasteiger partial charge in [0.2, 0.25) is 0 Å². The van der Waals surface area contributed by atoms with Crippen molar-refractivity contribution in [1.82, 2.24) is 4.98 Å². The van der Waals surface area contributed by atoms with E-state index in [4.69, 9.17) is 4.98 Å². The number of rotatable bonds is 8. The molecular weight excluding hydrogens is 775 g/mol. The molecule has 3 aliphatic carbocycles. The summed E-state index contributed by atoms with van der Waals surface area (Å²) in [5.41, 5.74) is 17.5. The lowest BCUT2D eigenvalue weighted by Crippen LogP contribution is -2.75. The van der Waals surface area contributed by atoms with Gasteiger partial charge in [-0.2, -0.15) is 0 Å². The van der Waals surface area contributed by atoms with Gasteiger partial charge in [-0.05, 0) is 88.5 Å². The predicted octanol–water partition coefficient (Wildman–Crippen LogP) is 12.1. The molecule has 9 aromatic carbocycles. The molecule has 3 aliphatic rings. The van der Waals surface area contributed by atoms with Gasteiger partial charge >= 0.3 is 0 Å². The van der Waals surface area contributed by atoms with Crippen LogP contribution in [0.15, 0.2) is 249 Å². The normalized spacial score (nSPS) is 14.7. The summed E-state index contributed by atoms with van der Waals surface area (Å²) in [4.78, 5) is 5.56. The van der Waals surface area contributed by atoms with Crippen LogP contribution in [0.1, 0.15) is 45.2 Å². The van der Waals surface area contributed by atoms with Crippen LogP contribution in [0.2, 0.25) is 0 Å². The van der Waals surface area contributed by atoms with E-state index in [9.17, 15) is 0 Å². The van der Waals surface area contributed by atoms with E-state index in [1.165, 1.54) is 76.4 Å². The summed E-state index contributed by atoms with van der Waals surface area (Å²) in [6.45, 7) is 0. The van der Waals surface area contributed by atoms with Crippen LogP contribution in [0.5, 0.6) is 0 Å². The summed E-state index contributed by atoms with van der Waals surface area (Å²) < 4.78 is 0. The van der Waals surface area contributed by atoms with Crippen molar-refractivity contribution in [1.29, 1.82) is 0 Å². The van der Waals surface area contributed by atoms with Gasteiger partial charge in [0, 0.05) is 23.0 Å². The van der Waals surface area contributed by atoms with Crippen molar-refractivity contribution in [3.05, 3.63) is 282 Å². The highest BCUT2D eigenvalue weighted by Crippen LogP contribution is 2.57. The molecule has 1 nitrogen and oxygen atoms in total. The minimum absolute atomic E-state index is 0.00570. The first kappa shape index (κ1) is 37.1. The molecule has 10 aromatic rings. The van der Waals surface area contributed by atoms with Crippen LogP contribution in [-0.4, -0.2) is 13.1 Å². The molecule has 0 aliphatic heterocycles. The van der Waals surface area contributed by atoms with Crippen LogP contribution in [0.25, 0.3) is 44.8 Å². The molecule has 296 valence electrons. The van der Waals surface area contributed by atoms with Crippen molar-refractivity contribution < 1.29 is 0 Å². The second-order valence-corrected chi connectivity index (χ2v) is 20.7. The van der Waals surface area contributed by atoms with Crippen molar-refractivity contribution in [3.8, 4) is 44.8 Å². The Morgan fingerprint density at radius 2 is 0.714 bits per heavy atom.